The molecule has 0 saturated carbocycles. The number of nitrogens with one attached hydrogen (secondary N) is 2. The number of aryl methyl sites for hydroxylation is 2. The van der Waals surface area contributed by atoms with Gasteiger partial charge in [-0.25, -0.2) is 34.9 Å². The molecule has 3 saturated heterocycles. The van der Waals surface area contributed by atoms with Gasteiger partial charge in [0.2, 0.25) is 11.8 Å². The lowest BCUT2D eigenvalue weighted by Crippen LogP contribution is -2.50. The van der Waals surface area contributed by atoms with Gasteiger partial charge in [0.05, 0.1) is 41.4 Å². The molecule has 4 aliphatic heterocycles. The lowest BCUT2D eigenvalue weighted by Gasteiger charge is -2.35. The molecule has 2 aromatic carbocycles. The standard InChI is InChI=1S/C65H66N14O8S6/c1-34-11-13-37(14-12-34)25-43-65(87)79-28-50(81)35(2)54(79)63-73-47(32-92-63)61-70-44(29-90-61)53-39(15-16-41(67-53)60-74-48(33-91-60)64(86)78-23-21-77(22-24-78)20-19-76-17-7-8-18-76)58-71-45(30-88-58)56(84)68-42(27-51(66)82)62-75-52(36(3)93-62)49(80)26-40(55(83)38-9-5-4-6-10-38)59-72-46(31-89-59)57(85)69-43/h4-6,9-16,29-33,35,40,42-43,50,54-55,81,83H,7-8,17-28H2,1-3H3,(H2,66,82)(H,68,84)(H,69,85)/t35-,40-,42-,43-,50-,54-,55+/m0/s1. The number of aliphatic hydroxyl groups excluding tert-OH is 2. The summed E-state index contributed by atoms with van der Waals surface area (Å²) in [6, 6.07) is 17.2. The van der Waals surface area contributed by atoms with Crippen molar-refractivity contribution in [2.75, 3.05) is 58.9 Å². The molecule has 0 aliphatic carbocycles. The number of aromatic nitrogens is 7. The predicted molar refractivity (Wildman–Crippen MR) is 359 cm³/mol. The number of thiazole rings is 6. The van der Waals surface area contributed by atoms with Crippen molar-refractivity contribution in [2.45, 2.75) is 89.1 Å². The molecular formula is C65H66N14O8S6. The summed E-state index contributed by atoms with van der Waals surface area (Å²) < 4.78 is 0. The number of pyridine rings is 1. The van der Waals surface area contributed by atoms with Gasteiger partial charge in [-0.1, -0.05) is 67.1 Å². The highest BCUT2D eigenvalue weighted by Gasteiger charge is 2.46. The van der Waals surface area contributed by atoms with E-state index in [4.69, 9.17) is 40.6 Å². The minimum atomic E-state index is -1.27. The monoisotopic (exact) mass is 1360 g/mol. The van der Waals surface area contributed by atoms with Crippen molar-refractivity contribution in [3.8, 4) is 43.4 Å². The second kappa shape index (κ2) is 27.7. The molecule has 7 aromatic heterocycles. The third-order valence-corrected chi connectivity index (χ3v) is 23.1. The van der Waals surface area contributed by atoms with Gasteiger partial charge in [-0.3, -0.25) is 33.7 Å². The Morgan fingerprint density at radius 2 is 1.28 bits per heavy atom. The third-order valence-electron chi connectivity index (χ3n) is 17.5. The van der Waals surface area contributed by atoms with Crippen LogP contribution in [0, 0.1) is 19.8 Å². The molecule has 22 nitrogen and oxygen atoms in total. The lowest BCUT2D eigenvalue weighted by molar-refractivity contribution is -0.134. The molecule has 6 N–H and O–H groups in total. The van der Waals surface area contributed by atoms with Crippen LogP contribution in [0.1, 0.15) is 135 Å². The third kappa shape index (κ3) is 13.9. The van der Waals surface area contributed by atoms with Gasteiger partial charge in [-0.15, -0.1) is 68.0 Å². The largest absolute Gasteiger partial charge is 0.391 e. The lowest BCUT2D eigenvalue weighted by atomic mass is 9.90. The number of hydrogen-bond donors (Lipinski definition) is 5. The van der Waals surface area contributed by atoms with E-state index >= 15 is 4.79 Å². The number of carbonyl (C=O) groups is 6. The summed E-state index contributed by atoms with van der Waals surface area (Å²) in [6.45, 7) is 12.6. The molecule has 10 bridgehead atoms. The zero-order chi connectivity index (χ0) is 64.6. The van der Waals surface area contributed by atoms with E-state index in [1.807, 2.05) is 59.8 Å². The minimum Gasteiger partial charge on any atom is -0.391 e. The number of piperazine rings is 1. The molecule has 13 rings (SSSR count). The van der Waals surface area contributed by atoms with Gasteiger partial charge in [0.1, 0.15) is 70.9 Å². The van der Waals surface area contributed by atoms with Gasteiger partial charge in [0.15, 0.2) is 5.78 Å². The second-order valence-corrected chi connectivity index (χ2v) is 29.4. The molecule has 7 atom stereocenters. The molecule has 9 aromatic rings. The number of ketones is 1. The molecule has 11 heterocycles. The van der Waals surface area contributed by atoms with E-state index in [1.54, 1.807) is 59.0 Å². The van der Waals surface area contributed by atoms with Crippen LogP contribution in [0.5, 0.6) is 0 Å². The number of carbonyl (C=O) groups excluding carboxylic acids is 6. The van der Waals surface area contributed by atoms with Crippen LogP contribution in [0.4, 0.5) is 0 Å². The summed E-state index contributed by atoms with van der Waals surface area (Å²) >= 11 is 7.35. The van der Waals surface area contributed by atoms with Crippen LogP contribution in [0.15, 0.2) is 93.6 Å². The summed E-state index contributed by atoms with van der Waals surface area (Å²) in [4.78, 5) is 129. The maximum atomic E-state index is 15.3. The van der Waals surface area contributed by atoms with Gasteiger partial charge in [-0.2, -0.15) is 0 Å². The molecule has 0 spiro atoms. The number of nitrogens with zero attached hydrogens (tertiary/aromatic N) is 11. The predicted octanol–water partition coefficient (Wildman–Crippen LogP) is 8.63. The van der Waals surface area contributed by atoms with Crippen LogP contribution in [0.2, 0.25) is 0 Å². The molecule has 93 heavy (non-hydrogen) atoms. The van der Waals surface area contributed by atoms with Crippen LogP contribution >= 0.6 is 68.0 Å². The van der Waals surface area contributed by atoms with Crippen LogP contribution in [-0.4, -0.2) is 171 Å². The van der Waals surface area contributed by atoms with E-state index in [0.29, 0.717) is 77.6 Å². The smallest absolute Gasteiger partial charge is 0.273 e. The van der Waals surface area contributed by atoms with Gasteiger partial charge in [0.25, 0.3) is 17.7 Å². The van der Waals surface area contributed by atoms with Crippen LogP contribution in [0.3, 0.4) is 0 Å². The number of nitrogens with two attached hydrogens (primary N) is 1. The SMILES string of the molecule is Cc1ccc(C[C@@H]2NC(=O)c3csc(n3)[C@H]([C@H](O)c3ccccc3)CC(=O)c3nc(sc3C)[C@H](CC(N)=O)NC(=O)c3csc(n3)-c3ccc(-c4nc(C(=O)N5CCN(CCN6CCCC6)CC5)cs4)nc3-c3csc(n3)-c3csc(n3)[C@@H]3[C@@H](C)[C@@H](O)CN3C2=O)cc1. The Balaban J connectivity index is 0.862. The molecule has 0 radical (unpaired) electrons. The van der Waals surface area contributed by atoms with Gasteiger partial charge in [0, 0.05) is 108 Å². The number of likely N-dealkylation sites (tertiary alicyclic amines) is 1. The zero-order valence-electron chi connectivity index (χ0n) is 51.0. The van der Waals surface area contributed by atoms with E-state index < -0.39 is 71.6 Å². The second-order valence-electron chi connectivity index (χ2n) is 23.9. The number of Topliss-reactive ketones (excluding diaryl/α,β-unsaturated/α-hetero) is 1. The van der Waals surface area contributed by atoms with Gasteiger partial charge in [-0.05, 0) is 63.0 Å². The summed E-state index contributed by atoms with van der Waals surface area (Å²) in [5.74, 6) is -4.55. The minimum absolute atomic E-state index is 0.0204. The Kier molecular flexibility index (Phi) is 19.0. The van der Waals surface area contributed by atoms with Gasteiger partial charge >= 0.3 is 0 Å². The van der Waals surface area contributed by atoms with Crippen molar-refractivity contribution in [3.05, 3.63) is 153 Å². The fourth-order valence-corrected chi connectivity index (χ4v) is 17.6. The Labute approximate surface area is 559 Å². The first kappa shape index (κ1) is 64.0. The molecule has 480 valence electrons. The van der Waals surface area contributed by atoms with Crippen molar-refractivity contribution in [1.82, 2.24) is 65.1 Å². The topological polar surface area (TPSA) is 296 Å². The van der Waals surface area contributed by atoms with Crippen molar-refractivity contribution < 1.29 is 39.0 Å². The average Bonchev–Trinajstić information content (AvgIpc) is 1.65. The molecule has 5 amide bonds. The molecule has 28 heteroatoms. The fraction of sp³-hybridized carbons (Fsp3) is 0.369. The number of hydrogen-bond acceptors (Lipinski definition) is 23. The number of primary amides is 1. The van der Waals surface area contributed by atoms with Crippen molar-refractivity contribution in [1.29, 1.82) is 0 Å². The van der Waals surface area contributed by atoms with E-state index in [0.717, 1.165) is 73.1 Å². The number of fused-ring (bicyclic) bond motifs is 16. The highest BCUT2D eigenvalue weighted by molar-refractivity contribution is 7.15. The summed E-state index contributed by atoms with van der Waals surface area (Å²) in [5.41, 5.74) is 10.9. The van der Waals surface area contributed by atoms with E-state index in [9.17, 15) is 34.2 Å². The maximum absolute atomic E-state index is 15.3. The maximum Gasteiger partial charge on any atom is 0.273 e. The van der Waals surface area contributed by atoms with Crippen LogP contribution in [-0.2, 0) is 16.0 Å². The Morgan fingerprint density at radius 3 is 2.03 bits per heavy atom. The average molecular weight is 1360 g/mol. The normalized spacial score (nSPS) is 21.3. The summed E-state index contributed by atoms with van der Waals surface area (Å²) in [7, 11) is 0. The van der Waals surface area contributed by atoms with Crippen molar-refractivity contribution in [2.24, 2.45) is 11.7 Å². The van der Waals surface area contributed by atoms with E-state index in [2.05, 4.69) is 20.4 Å². The molecular weight excluding hydrogens is 1300 g/mol. The Bertz CT molecular complexity index is 4240. The van der Waals surface area contributed by atoms with Crippen molar-refractivity contribution in [3.63, 3.8) is 0 Å². The van der Waals surface area contributed by atoms with Crippen LogP contribution in [0.25, 0.3) is 43.4 Å². The Hall–Kier alpha value is -7.77. The number of rotatable bonds is 11. The first-order valence-electron chi connectivity index (χ1n) is 30.7. The highest BCUT2D eigenvalue weighted by atomic mass is 32.1. The Morgan fingerprint density at radius 1 is 0.645 bits per heavy atom. The quantitative estimate of drug-likeness (QED) is 0.0809. The zero-order valence-corrected chi connectivity index (χ0v) is 55.9. The van der Waals surface area contributed by atoms with Gasteiger partial charge < -0.3 is 41.3 Å². The molecule has 4 aliphatic rings. The summed E-state index contributed by atoms with van der Waals surface area (Å²) in [6.07, 6.45) is -0.273. The number of aliphatic hydroxyl groups is 2. The van der Waals surface area contributed by atoms with Crippen molar-refractivity contribution >= 4 is 103 Å². The summed E-state index contributed by atoms with van der Waals surface area (Å²) in [5, 5.41) is 40.7. The van der Waals surface area contributed by atoms with Crippen LogP contribution < -0.4 is 16.4 Å². The number of benzene rings is 2. The molecule has 0 unspecified atom stereocenters. The number of amides is 5. The first-order chi connectivity index (χ1) is 45.0. The van der Waals surface area contributed by atoms with E-state index in [-0.39, 0.29) is 58.8 Å². The fourth-order valence-electron chi connectivity index (χ4n) is 12.3. The highest BCUT2D eigenvalue weighted by Crippen LogP contribution is 2.43. The van der Waals surface area contributed by atoms with E-state index in [1.165, 1.54) is 63.6 Å². The first-order valence-corrected chi connectivity index (χ1v) is 35.9. The molecule has 3 fully saturated rings.